The second kappa shape index (κ2) is 5.06. The summed E-state index contributed by atoms with van der Waals surface area (Å²) in [5.41, 5.74) is 0.902. The van der Waals surface area contributed by atoms with Gasteiger partial charge in [-0.15, -0.1) is 0 Å². The van der Waals surface area contributed by atoms with Gasteiger partial charge in [0.2, 0.25) is 0 Å². The molecule has 0 aromatic heterocycles. The summed E-state index contributed by atoms with van der Waals surface area (Å²) in [5, 5.41) is 9.53. The van der Waals surface area contributed by atoms with E-state index in [1.807, 2.05) is 24.1 Å². The van der Waals surface area contributed by atoms with Crippen molar-refractivity contribution in [1.29, 1.82) is 0 Å². The largest absolute Gasteiger partial charge is 0.495 e. The summed E-state index contributed by atoms with van der Waals surface area (Å²) >= 11 is 5.99. The molecule has 0 atom stereocenters. The van der Waals surface area contributed by atoms with Crippen molar-refractivity contribution in [2.45, 2.75) is 18.9 Å². The van der Waals surface area contributed by atoms with Crippen molar-refractivity contribution >= 4 is 23.3 Å². The first-order valence-electron chi connectivity index (χ1n) is 5.82. The highest BCUT2D eigenvalue weighted by atomic mass is 35.5. The topological polar surface area (TPSA) is 49.8 Å². The third-order valence-electron chi connectivity index (χ3n) is 3.53. The molecule has 18 heavy (non-hydrogen) atoms. The van der Waals surface area contributed by atoms with Crippen LogP contribution in [-0.4, -0.2) is 31.3 Å². The Morgan fingerprint density at radius 1 is 1.50 bits per heavy atom. The van der Waals surface area contributed by atoms with Crippen molar-refractivity contribution in [3.8, 4) is 5.75 Å². The first kappa shape index (κ1) is 13.0. The average molecular weight is 270 g/mol. The van der Waals surface area contributed by atoms with Crippen molar-refractivity contribution in [3.05, 3.63) is 23.2 Å². The Kier molecular flexibility index (Phi) is 3.66. The first-order valence-corrected chi connectivity index (χ1v) is 6.20. The van der Waals surface area contributed by atoms with Gasteiger partial charge >= 0.3 is 5.97 Å². The van der Waals surface area contributed by atoms with Gasteiger partial charge < -0.3 is 14.7 Å². The molecule has 1 N–H and O–H groups in total. The number of hydrogen-bond acceptors (Lipinski definition) is 3. The monoisotopic (exact) mass is 269 g/mol. The molecule has 0 bridgehead atoms. The Balaban J connectivity index is 2.12. The minimum absolute atomic E-state index is 0.220. The van der Waals surface area contributed by atoms with E-state index in [0.717, 1.165) is 11.4 Å². The minimum atomic E-state index is -0.710. The number of methoxy groups -OCH3 is 1. The fraction of sp³-hybridized carbons (Fsp3) is 0.462. The molecular weight excluding hydrogens is 254 g/mol. The quantitative estimate of drug-likeness (QED) is 0.913. The van der Waals surface area contributed by atoms with Crippen LogP contribution in [0.15, 0.2) is 18.2 Å². The Morgan fingerprint density at radius 3 is 2.72 bits per heavy atom. The number of carbonyl (C=O) groups is 1. The van der Waals surface area contributed by atoms with Crippen LogP contribution >= 0.6 is 11.6 Å². The first-order chi connectivity index (χ1) is 8.52. The normalized spacial score (nSPS) is 22.2. The van der Waals surface area contributed by atoms with E-state index < -0.39 is 5.97 Å². The van der Waals surface area contributed by atoms with E-state index in [2.05, 4.69) is 0 Å². The molecule has 5 heteroatoms. The van der Waals surface area contributed by atoms with E-state index in [9.17, 15) is 4.79 Å². The smallest absolute Gasteiger partial charge is 0.306 e. The van der Waals surface area contributed by atoms with Crippen LogP contribution in [0.2, 0.25) is 5.02 Å². The lowest BCUT2D eigenvalue weighted by atomic mass is 9.79. The van der Waals surface area contributed by atoms with Crippen molar-refractivity contribution in [2.24, 2.45) is 5.92 Å². The van der Waals surface area contributed by atoms with Crippen LogP contribution in [0, 0.1) is 5.92 Å². The number of ether oxygens (including phenoxy) is 1. The van der Waals surface area contributed by atoms with E-state index in [0.29, 0.717) is 17.9 Å². The van der Waals surface area contributed by atoms with Crippen molar-refractivity contribution in [3.63, 3.8) is 0 Å². The Hall–Kier alpha value is -1.42. The lowest BCUT2D eigenvalue weighted by Gasteiger charge is -2.40. The van der Waals surface area contributed by atoms with Gasteiger partial charge in [-0.2, -0.15) is 0 Å². The molecule has 4 nitrogen and oxygen atoms in total. The van der Waals surface area contributed by atoms with Crippen LogP contribution in [0.1, 0.15) is 12.8 Å². The molecule has 1 aromatic carbocycles. The zero-order chi connectivity index (χ0) is 13.3. The molecule has 1 aromatic rings. The Bertz CT molecular complexity index is 458. The highest BCUT2D eigenvalue weighted by Gasteiger charge is 2.37. The summed E-state index contributed by atoms with van der Waals surface area (Å²) in [4.78, 5) is 12.8. The zero-order valence-electron chi connectivity index (χ0n) is 10.4. The van der Waals surface area contributed by atoms with Gasteiger partial charge in [-0.3, -0.25) is 4.79 Å². The second-order valence-corrected chi connectivity index (χ2v) is 5.02. The molecule has 0 amide bonds. The maximum atomic E-state index is 10.8. The summed E-state index contributed by atoms with van der Waals surface area (Å²) in [7, 11) is 3.55. The third-order valence-corrected chi connectivity index (χ3v) is 3.77. The second-order valence-electron chi connectivity index (χ2n) is 4.59. The van der Waals surface area contributed by atoms with Gasteiger partial charge in [0.1, 0.15) is 5.75 Å². The molecule has 0 saturated heterocycles. The predicted molar refractivity (Wildman–Crippen MR) is 70.6 cm³/mol. The lowest BCUT2D eigenvalue weighted by molar-refractivity contribution is -0.145. The van der Waals surface area contributed by atoms with Crippen LogP contribution in [0.25, 0.3) is 0 Å². The SMILES string of the molecule is COc1ccc(Cl)cc1N(C)C1CC(C(=O)O)C1. The molecule has 2 rings (SSSR count). The number of nitrogens with zero attached hydrogens (tertiary/aromatic N) is 1. The number of carboxylic acids is 1. The van der Waals surface area contributed by atoms with Gasteiger partial charge in [0.25, 0.3) is 0 Å². The van der Waals surface area contributed by atoms with Gasteiger partial charge in [0, 0.05) is 18.1 Å². The van der Waals surface area contributed by atoms with Gasteiger partial charge in [0.05, 0.1) is 18.7 Å². The van der Waals surface area contributed by atoms with E-state index in [4.69, 9.17) is 21.4 Å². The van der Waals surface area contributed by atoms with Gasteiger partial charge in [-0.25, -0.2) is 0 Å². The van der Waals surface area contributed by atoms with E-state index in [-0.39, 0.29) is 12.0 Å². The van der Waals surface area contributed by atoms with Gasteiger partial charge in [0.15, 0.2) is 0 Å². The number of rotatable bonds is 4. The summed E-state index contributed by atoms with van der Waals surface area (Å²) in [6.45, 7) is 0. The summed E-state index contributed by atoms with van der Waals surface area (Å²) in [5.74, 6) is -0.180. The van der Waals surface area contributed by atoms with Crippen LogP contribution in [0.5, 0.6) is 5.75 Å². The highest BCUT2D eigenvalue weighted by Crippen LogP contribution is 2.38. The highest BCUT2D eigenvalue weighted by molar-refractivity contribution is 6.30. The number of benzene rings is 1. The average Bonchev–Trinajstić information content (AvgIpc) is 2.26. The molecule has 0 aliphatic heterocycles. The summed E-state index contributed by atoms with van der Waals surface area (Å²) in [6.07, 6.45) is 1.34. The molecule has 0 heterocycles. The fourth-order valence-corrected chi connectivity index (χ4v) is 2.41. The van der Waals surface area contributed by atoms with E-state index in [1.54, 1.807) is 13.2 Å². The third kappa shape index (κ3) is 2.38. The molecule has 0 spiro atoms. The van der Waals surface area contributed by atoms with Crippen molar-refractivity contribution < 1.29 is 14.6 Å². The zero-order valence-corrected chi connectivity index (χ0v) is 11.1. The lowest BCUT2D eigenvalue weighted by Crippen LogP contribution is -2.45. The maximum absolute atomic E-state index is 10.8. The van der Waals surface area contributed by atoms with Crippen LogP contribution in [0.3, 0.4) is 0 Å². The van der Waals surface area contributed by atoms with Crippen LogP contribution < -0.4 is 9.64 Å². The summed E-state index contributed by atoms with van der Waals surface area (Å²) in [6, 6.07) is 5.67. The number of hydrogen-bond donors (Lipinski definition) is 1. The predicted octanol–water partition coefficient (Wildman–Crippen LogP) is 2.65. The number of halogens is 1. The molecule has 1 aliphatic carbocycles. The Morgan fingerprint density at radius 2 is 2.17 bits per heavy atom. The molecule has 98 valence electrons. The molecule has 1 saturated carbocycles. The summed E-state index contributed by atoms with van der Waals surface area (Å²) < 4.78 is 5.30. The standard InChI is InChI=1S/C13H16ClNO3/c1-15(10-5-8(6-10)13(16)17)11-7-9(14)3-4-12(11)18-2/h3-4,7-8,10H,5-6H2,1-2H3,(H,16,17). The molecule has 0 radical (unpaired) electrons. The Labute approximate surface area is 111 Å². The van der Waals surface area contributed by atoms with Gasteiger partial charge in [-0.1, -0.05) is 11.6 Å². The van der Waals surface area contributed by atoms with Crippen molar-refractivity contribution in [2.75, 3.05) is 19.1 Å². The fourth-order valence-electron chi connectivity index (χ4n) is 2.24. The molecule has 0 unspecified atom stereocenters. The minimum Gasteiger partial charge on any atom is -0.495 e. The number of anilines is 1. The van der Waals surface area contributed by atoms with Crippen LogP contribution in [-0.2, 0) is 4.79 Å². The van der Waals surface area contributed by atoms with Gasteiger partial charge in [-0.05, 0) is 31.0 Å². The number of carboxylic acid groups (broad SMARTS) is 1. The number of aliphatic carboxylic acids is 1. The van der Waals surface area contributed by atoms with E-state index in [1.165, 1.54) is 0 Å². The molecule has 1 fully saturated rings. The van der Waals surface area contributed by atoms with E-state index >= 15 is 0 Å². The molecule has 1 aliphatic rings. The maximum Gasteiger partial charge on any atom is 0.306 e. The van der Waals surface area contributed by atoms with Crippen molar-refractivity contribution in [1.82, 2.24) is 0 Å². The molecular formula is C13H16ClNO3. The van der Waals surface area contributed by atoms with Crippen LogP contribution in [0.4, 0.5) is 5.69 Å².